The van der Waals surface area contributed by atoms with Crippen LogP contribution in [0.25, 0.3) is 21.7 Å². The van der Waals surface area contributed by atoms with Gasteiger partial charge in [0.15, 0.2) is 0 Å². The molecule has 66 heavy (non-hydrogen) atoms. The molecule has 0 aliphatic rings. The zero-order valence-corrected chi connectivity index (χ0v) is 39.8. The van der Waals surface area contributed by atoms with Gasteiger partial charge in [-0.15, -0.1) is 0 Å². The standard InChI is InChI=1S/C60H64N2O3P/c1-62(2)41-40-55(54-36-23-28-47-25-18-19-35-53(47)54)59(48-26-9-4-10-27-48)56-45-49-44-46(38-39-57(49)61-60(56)64-3)24-20-21-42-65-58(63)37-17-8-22-43-66(50-29-11-5-12-30-50,51-31-13-6-14-32-51)52-33-15-7-16-34-52/h4-7,9-16,18-19,23,25-36,38-39,44-45,55,59H,8,17,20-22,24,37,40-43H2,1-3H3/q+1/t55?,59-/m0/s1. The van der Waals surface area contributed by atoms with Crippen molar-refractivity contribution in [2.45, 2.75) is 63.2 Å². The number of esters is 1. The number of aromatic nitrogens is 1. The number of methoxy groups -OCH3 is 1. The van der Waals surface area contributed by atoms with Crippen molar-refractivity contribution in [2.75, 3.05) is 40.5 Å². The van der Waals surface area contributed by atoms with Crippen LogP contribution in [0.4, 0.5) is 0 Å². The lowest BCUT2D eigenvalue weighted by Crippen LogP contribution is -2.33. The van der Waals surface area contributed by atoms with Crippen molar-refractivity contribution in [3.05, 3.63) is 210 Å². The molecule has 1 aromatic heterocycles. The maximum absolute atomic E-state index is 12.9. The third-order valence-corrected chi connectivity index (χ3v) is 17.7. The van der Waals surface area contributed by atoms with Crippen LogP contribution in [-0.2, 0) is 16.0 Å². The van der Waals surface area contributed by atoms with Crippen molar-refractivity contribution in [1.29, 1.82) is 0 Å². The molecule has 0 amide bonds. The van der Waals surface area contributed by atoms with E-state index in [9.17, 15) is 4.79 Å². The van der Waals surface area contributed by atoms with Crippen LogP contribution >= 0.6 is 7.26 Å². The first-order chi connectivity index (χ1) is 32.4. The number of ether oxygens (including phenoxy) is 2. The SMILES string of the molecule is COc1nc2ccc(CCCCOC(=O)CCCCC[P+](c3ccccc3)(c3ccccc3)c3ccccc3)cc2cc1[C@@H](c1ccccc1)C(CCN(C)C)c1cccc2ccccc12. The Hall–Kier alpha value is -6.13. The number of hydrogen-bond donors (Lipinski definition) is 0. The third kappa shape index (κ3) is 11.1. The maximum atomic E-state index is 12.9. The molecule has 0 spiro atoms. The van der Waals surface area contributed by atoms with Crippen LogP contribution in [0.3, 0.4) is 0 Å². The summed E-state index contributed by atoms with van der Waals surface area (Å²) in [5.74, 6) is 0.751. The highest BCUT2D eigenvalue weighted by Gasteiger charge is 2.44. The van der Waals surface area contributed by atoms with Crippen molar-refractivity contribution >= 4 is 50.8 Å². The zero-order valence-electron chi connectivity index (χ0n) is 38.9. The zero-order chi connectivity index (χ0) is 45.6. The highest BCUT2D eigenvalue weighted by atomic mass is 31.2. The fourth-order valence-corrected chi connectivity index (χ4v) is 14.3. The molecule has 5 nitrogen and oxygen atoms in total. The third-order valence-electron chi connectivity index (χ3n) is 13.2. The number of benzene rings is 7. The molecule has 1 unspecified atom stereocenters. The van der Waals surface area contributed by atoms with E-state index in [2.05, 4.69) is 207 Å². The van der Waals surface area contributed by atoms with Crippen LogP contribution in [0.1, 0.15) is 79.0 Å². The van der Waals surface area contributed by atoms with Crippen LogP contribution in [0.5, 0.6) is 5.88 Å². The fourth-order valence-electron chi connectivity index (χ4n) is 9.89. The predicted molar refractivity (Wildman–Crippen MR) is 279 cm³/mol. The molecule has 0 aliphatic carbocycles. The summed E-state index contributed by atoms with van der Waals surface area (Å²) >= 11 is 0. The van der Waals surface area contributed by atoms with Gasteiger partial charge in [-0.1, -0.05) is 133 Å². The van der Waals surface area contributed by atoms with Gasteiger partial charge in [-0.25, -0.2) is 4.98 Å². The molecule has 7 aromatic carbocycles. The lowest BCUT2D eigenvalue weighted by atomic mass is 9.74. The van der Waals surface area contributed by atoms with Crippen LogP contribution in [-0.4, -0.2) is 56.4 Å². The van der Waals surface area contributed by atoms with E-state index >= 15 is 0 Å². The van der Waals surface area contributed by atoms with Gasteiger partial charge in [-0.2, -0.15) is 0 Å². The first-order valence-corrected chi connectivity index (χ1v) is 25.8. The quantitative estimate of drug-likeness (QED) is 0.0385. The molecule has 0 saturated heterocycles. The Morgan fingerprint density at radius 2 is 1.23 bits per heavy atom. The molecule has 8 rings (SSSR count). The summed E-state index contributed by atoms with van der Waals surface area (Å²) in [6.07, 6.45) is 8.00. The Bertz CT molecular complexity index is 2660. The second kappa shape index (κ2) is 22.9. The molecular weight excluding hydrogens is 828 g/mol. The number of carbonyl (C=O) groups excluding carboxylic acids is 1. The number of rotatable bonds is 22. The molecule has 0 radical (unpaired) electrons. The van der Waals surface area contributed by atoms with E-state index < -0.39 is 7.26 Å². The van der Waals surface area contributed by atoms with Gasteiger partial charge in [0.05, 0.1) is 25.4 Å². The van der Waals surface area contributed by atoms with E-state index in [4.69, 9.17) is 14.5 Å². The van der Waals surface area contributed by atoms with Gasteiger partial charge in [-0.3, -0.25) is 4.79 Å². The molecule has 0 aliphatic heterocycles. The Morgan fingerprint density at radius 1 is 0.606 bits per heavy atom. The number of pyridine rings is 1. The molecule has 0 saturated carbocycles. The Morgan fingerprint density at radius 3 is 1.88 bits per heavy atom. The first kappa shape index (κ1) is 46.4. The Labute approximate surface area is 393 Å². The van der Waals surface area contributed by atoms with Crippen molar-refractivity contribution in [2.24, 2.45) is 0 Å². The number of carbonyl (C=O) groups is 1. The van der Waals surface area contributed by atoms with Crippen molar-refractivity contribution in [1.82, 2.24) is 9.88 Å². The van der Waals surface area contributed by atoms with Crippen LogP contribution < -0.4 is 20.7 Å². The van der Waals surface area contributed by atoms with Crippen molar-refractivity contribution < 1.29 is 14.3 Å². The second-order valence-electron chi connectivity index (χ2n) is 17.8. The van der Waals surface area contributed by atoms with Gasteiger partial charge < -0.3 is 14.4 Å². The Balaban J connectivity index is 0.901. The topological polar surface area (TPSA) is 51.7 Å². The molecule has 336 valence electrons. The lowest BCUT2D eigenvalue weighted by molar-refractivity contribution is -0.143. The highest BCUT2D eigenvalue weighted by molar-refractivity contribution is 7.95. The summed E-state index contributed by atoms with van der Waals surface area (Å²) in [6.45, 7) is 1.39. The monoisotopic (exact) mass is 891 g/mol. The number of fused-ring (bicyclic) bond motifs is 2. The van der Waals surface area contributed by atoms with E-state index in [1.54, 1.807) is 7.11 Å². The van der Waals surface area contributed by atoms with Crippen molar-refractivity contribution in [3.8, 4) is 5.88 Å². The molecule has 1 heterocycles. The summed E-state index contributed by atoms with van der Waals surface area (Å²) in [5, 5.41) is 7.86. The summed E-state index contributed by atoms with van der Waals surface area (Å²) in [5.41, 5.74) is 5.86. The second-order valence-corrected chi connectivity index (χ2v) is 21.4. The number of aryl methyl sites for hydroxylation is 1. The first-order valence-electron chi connectivity index (χ1n) is 23.8. The van der Waals surface area contributed by atoms with Gasteiger partial charge >= 0.3 is 5.97 Å². The molecule has 0 N–H and O–H groups in total. The summed E-state index contributed by atoms with van der Waals surface area (Å²) < 4.78 is 11.9. The normalized spacial score (nSPS) is 12.6. The summed E-state index contributed by atoms with van der Waals surface area (Å²) in [4.78, 5) is 20.4. The van der Waals surface area contributed by atoms with Gasteiger partial charge in [0, 0.05) is 23.3 Å². The van der Waals surface area contributed by atoms with Crippen LogP contribution in [0, 0.1) is 0 Å². The molecule has 0 bridgehead atoms. The lowest BCUT2D eigenvalue weighted by Gasteiger charge is -2.31. The van der Waals surface area contributed by atoms with E-state index in [-0.39, 0.29) is 17.8 Å². The van der Waals surface area contributed by atoms with Gasteiger partial charge in [0.25, 0.3) is 0 Å². The van der Waals surface area contributed by atoms with E-state index in [0.717, 1.165) is 74.1 Å². The van der Waals surface area contributed by atoms with E-state index in [0.29, 0.717) is 18.9 Å². The number of unbranched alkanes of at least 4 members (excludes halogenated alkanes) is 3. The minimum atomic E-state index is -1.86. The average Bonchev–Trinajstić information content (AvgIpc) is 3.36. The maximum Gasteiger partial charge on any atom is 0.305 e. The minimum Gasteiger partial charge on any atom is -0.481 e. The van der Waals surface area contributed by atoms with Gasteiger partial charge in [0.2, 0.25) is 5.88 Å². The summed E-state index contributed by atoms with van der Waals surface area (Å²) in [7, 11) is 4.18. The largest absolute Gasteiger partial charge is 0.481 e. The van der Waals surface area contributed by atoms with Gasteiger partial charge in [0.1, 0.15) is 23.2 Å². The van der Waals surface area contributed by atoms with Crippen LogP contribution in [0.2, 0.25) is 0 Å². The van der Waals surface area contributed by atoms with Gasteiger partial charge in [-0.05, 0) is 154 Å². The molecule has 0 fully saturated rings. The number of nitrogens with zero attached hydrogens (tertiary/aromatic N) is 2. The molecule has 6 heteroatoms. The molecule has 2 atom stereocenters. The number of hydrogen-bond acceptors (Lipinski definition) is 5. The summed E-state index contributed by atoms with van der Waals surface area (Å²) in [6, 6.07) is 68.3. The Kier molecular flexibility index (Phi) is 16.1. The van der Waals surface area contributed by atoms with E-state index in [1.165, 1.54) is 43.4 Å². The average molecular weight is 892 g/mol. The van der Waals surface area contributed by atoms with Crippen LogP contribution in [0.15, 0.2) is 188 Å². The fraction of sp³-hybridized carbons (Fsp3) is 0.267. The minimum absolute atomic E-state index is 0.00931. The van der Waals surface area contributed by atoms with Crippen molar-refractivity contribution in [3.63, 3.8) is 0 Å². The molecular formula is C60H64N2O3P+. The molecule has 8 aromatic rings. The van der Waals surface area contributed by atoms with E-state index in [1.807, 2.05) is 0 Å². The predicted octanol–water partition coefficient (Wildman–Crippen LogP) is 12.7. The smallest absolute Gasteiger partial charge is 0.305 e. The highest BCUT2D eigenvalue weighted by Crippen LogP contribution is 2.56.